The van der Waals surface area contributed by atoms with E-state index in [1.54, 1.807) is 17.4 Å². The van der Waals surface area contributed by atoms with Gasteiger partial charge in [0.1, 0.15) is 6.10 Å². The van der Waals surface area contributed by atoms with Crippen LogP contribution in [0.25, 0.3) is 6.08 Å². The largest absolute Gasteiger partial charge is 0.483 e. The van der Waals surface area contributed by atoms with Crippen LogP contribution < -0.4 is 9.47 Å². The lowest BCUT2D eigenvalue weighted by atomic mass is 9.48. The van der Waals surface area contributed by atoms with Crippen LogP contribution in [0.3, 0.4) is 0 Å². The number of halogens is 1. The van der Waals surface area contributed by atoms with Gasteiger partial charge in [-0.1, -0.05) is 50.2 Å². The topological polar surface area (TPSA) is 79.3 Å². The Morgan fingerprint density at radius 3 is 2.74 bits per heavy atom. The molecule has 3 aromatic rings. The number of amides is 1. The highest BCUT2D eigenvalue weighted by Gasteiger charge is 2.73. The molecule has 1 N–H and O–H groups in total. The Morgan fingerprint density at radius 1 is 1.22 bits per heavy atom. The summed E-state index contributed by atoms with van der Waals surface area (Å²) in [6.07, 6.45) is 6.57. The van der Waals surface area contributed by atoms with E-state index in [9.17, 15) is 14.7 Å². The summed E-state index contributed by atoms with van der Waals surface area (Å²) in [6.45, 7) is 7.89. The first-order valence-electron chi connectivity index (χ1n) is 16.3. The number of carbonyl (C=O) groups is 2. The van der Waals surface area contributed by atoms with Crippen LogP contribution in [-0.4, -0.2) is 70.2 Å². The van der Waals surface area contributed by atoms with E-state index >= 15 is 0 Å². The first-order valence-corrected chi connectivity index (χ1v) is 18.0. The number of ether oxygens (including phenoxy) is 2. The van der Waals surface area contributed by atoms with E-state index in [-0.39, 0.29) is 23.9 Å². The van der Waals surface area contributed by atoms with Crippen LogP contribution in [0.5, 0.6) is 11.5 Å². The smallest absolute Gasteiger partial charge is 0.308 e. The molecule has 0 radical (unpaired) electrons. The molecule has 2 fully saturated rings. The molecular weight excluding hydrogens is 664 g/mol. The van der Waals surface area contributed by atoms with Gasteiger partial charge in [0.2, 0.25) is 5.91 Å². The lowest BCUT2D eigenvalue weighted by molar-refractivity contribution is -0.201. The number of aliphatic hydroxyl groups is 1. The normalized spacial score (nSPS) is 27.8. The van der Waals surface area contributed by atoms with Gasteiger partial charge in [-0.05, 0) is 89.8 Å². The van der Waals surface area contributed by atoms with Crippen LogP contribution in [0, 0.1) is 5.92 Å². The van der Waals surface area contributed by atoms with Crippen LogP contribution in [0.2, 0.25) is 0 Å². The van der Waals surface area contributed by atoms with Gasteiger partial charge in [-0.15, -0.1) is 11.3 Å². The highest BCUT2D eigenvalue weighted by Crippen LogP contribution is 2.66. The minimum atomic E-state index is -1.05. The Balaban J connectivity index is 1.28. The monoisotopic (exact) mass is 704 g/mol. The average Bonchev–Trinajstić information content (AvgIpc) is 3.60. The van der Waals surface area contributed by atoms with Crippen molar-refractivity contribution in [3.05, 3.63) is 86.0 Å². The number of nitrogens with zero attached hydrogens (tertiary/aromatic N) is 2. The van der Waals surface area contributed by atoms with Crippen LogP contribution in [0.4, 0.5) is 0 Å². The standard InChI is InChI=1S/C37H41BrN2O5S/c1-23(2)21-40(32(42)12-10-28-20-27(38)22-46-28)29-13-15-37(43)31-19-26-9-11-30(44-24(3)41)34-33(26)36(37,35(29)45-34)16-18-39(31)17-14-25-7-5-4-6-8-25/h4-12,20,22-23,29,31,35,43H,13-19,21H2,1-3H3/b12-10+/t29-,31-,35+,36+,37-/m1/s1. The highest BCUT2D eigenvalue weighted by atomic mass is 79.9. The summed E-state index contributed by atoms with van der Waals surface area (Å²) in [6, 6.07) is 16.1. The van der Waals surface area contributed by atoms with Crippen molar-refractivity contribution in [3.63, 3.8) is 0 Å². The molecule has 2 aliphatic carbocycles. The molecule has 9 heteroatoms. The number of rotatable bonds is 9. The van der Waals surface area contributed by atoms with E-state index in [4.69, 9.17) is 9.47 Å². The minimum absolute atomic E-state index is 0.0577. The maximum Gasteiger partial charge on any atom is 0.308 e. The summed E-state index contributed by atoms with van der Waals surface area (Å²) < 4.78 is 13.6. The minimum Gasteiger partial charge on any atom is -0.483 e. The quantitative estimate of drug-likeness (QED) is 0.158. The molecule has 4 aliphatic rings. The lowest BCUT2D eigenvalue weighted by Gasteiger charge is -2.65. The van der Waals surface area contributed by atoms with E-state index in [0.717, 1.165) is 40.0 Å². The molecule has 2 aliphatic heterocycles. The summed E-state index contributed by atoms with van der Waals surface area (Å²) in [7, 11) is 0. The molecule has 2 aromatic carbocycles. The number of hydrogen-bond acceptors (Lipinski definition) is 7. The van der Waals surface area contributed by atoms with Gasteiger partial charge < -0.3 is 19.5 Å². The first kappa shape index (κ1) is 31.6. The fourth-order valence-corrected chi connectivity index (χ4v) is 10.1. The fourth-order valence-electron chi connectivity index (χ4n) is 8.78. The third-order valence-corrected chi connectivity index (χ3v) is 12.2. The van der Waals surface area contributed by atoms with Gasteiger partial charge in [-0.3, -0.25) is 14.5 Å². The van der Waals surface area contributed by atoms with Crippen molar-refractivity contribution >= 4 is 45.2 Å². The molecule has 1 spiro atoms. The Bertz CT molecular complexity index is 1670. The van der Waals surface area contributed by atoms with Crippen molar-refractivity contribution in [2.24, 2.45) is 5.92 Å². The molecule has 1 amide bonds. The molecule has 3 heterocycles. The van der Waals surface area contributed by atoms with Gasteiger partial charge in [0.15, 0.2) is 11.5 Å². The fraction of sp³-hybridized carbons (Fsp3) is 0.459. The lowest BCUT2D eigenvalue weighted by Crippen LogP contribution is -2.78. The van der Waals surface area contributed by atoms with Crippen molar-refractivity contribution in [1.29, 1.82) is 0 Å². The number of hydrogen-bond donors (Lipinski definition) is 1. The van der Waals surface area contributed by atoms with Gasteiger partial charge in [0, 0.05) is 52.4 Å². The predicted molar refractivity (Wildman–Crippen MR) is 183 cm³/mol. The van der Waals surface area contributed by atoms with Crippen molar-refractivity contribution in [2.75, 3.05) is 19.6 Å². The number of carbonyl (C=O) groups excluding carboxylic acids is 2. The van der Waals surface area contributed by atoms with Crippen LogP contribution in [0.1, 0.15) is 61.6 Å². The molecule has 242 valence electrons. The van der Waals surface area contributed by atoms with E-state index in [0.29, 0.717) is 43.7 Å². The van der Waals surface area contributed by atoms with Crippen molar-refractivity contribution < 1.29 is 24.2 Å². The first-order chi connectivity index (χ1) is 22.1. The summed E-state index contributed by atoms with van der Waals surface area (Å²) >= 11 is 5.09. The number of thiophene rings is 1. The summed E-state index contributed by atoms with van der Waals surface area (Å²) in [4.78, 5) is 31.7. The van der Waals surface area contributed by atoms with Gasteiger partial charge in [0.05, 0.1) is 17.1 Å². The van der Waals surface area contributed by atoms with Gasteiger partial charge in [-0.25, -0.2) is 0 Å². The molecule has 7 rings (SSSR count). The zero-order valence-corrected chi connectivity index (χ0v) is 29.0. The Labute approximate surface area is 283 Å². The second kappa shape index (κ2) is 12.2. The summed E-state index contributed by atoms with van der Waals surface area (Å²) in [5.74, 6) is 0.727. The van der Waals surface area contributed by atoms with Crippen LogP contribution in [-0.2, 0) is 27.8 Å². The molecule has 1 aromatic heterocycles. The molecule has 2 bridgehead atoms. The highest BCUT2D eigenvalue weighted by molar-refractivity contribution is 9.10. The maximum absolute atomic E-state index is 14.1. The molecule has 0 unspecified atom stereocenters. The zero-order chi connectivity index (χ0) is 32.2. The SMILES string of the molecule is CC(=O)Oc1ccc2c3c1O[C@H]1[C@H](N(CC(C)C)C(=O)/C=C/c4cc(Br)cs4)CC[C@@]4(O)[C@@H](C2)N(CCc2ccccc2)CC[C@]314. The van der Waals surface area contributed by atoms with Crippen LogP contribution >= 0.6 is 27.3 Å². The third-order valence-electron chi connectivity index (χ3n) is 10.5. The van der Waals surface area contributed by atoms with Crippen molar-refractivity contribution in [2.45, 2.75) is 82.1 Å². The summed E-state index contributed by atoms with van der Waals surface area (Å²) in [5, 5.41) is 15.1. The van der Waals surface area contributed by atoms with Gasteiger partial charge in [-0.2, -0.15) is 0 Å². The maximum atomic E-state index is 14.1. The number of likely N-dealkylation sites (tertiary alicyclic amines) is 1. The number of benzene rings is 2. The molecule has 5 atom stereocenters. The number of piperidine rings is 1. The molecule has 1 saturated heterocycles. The third kappa shape index (κ3) is 5.24. The molecule has 1 saturated carbocycles. The van der Waals surface area contributed by atoms with E-state index in [1.807, 2.05) is 34.6 Å². The number of esters is 1. The molecule has 46 heavy (non-hydrogen) atoms. The van der Waals surface area contributed by atoms with Gasteiger partial charge >= 0.3 is 5.97 Å². The average molecular weight is 706 g/mol. The molecular formula is C37H41BrN2O5S. The van der Waals surface area contributed by atoms with E-state index in [1.165, 1.54) is 12.5 Å². The Kier molecular flexibility index (Phi) is 8.41. The van der Waals surface area contributed by atoms with Crippen molar-refractivity contribution in [1.82, 2.24) is 9.80 Å². The Hall–Kier alpha value is -2.98. The predicted octanol–water partition coefficient (Wildman–Crippen LogP) is 6.40. The zero-order valence-electron chi connectivity index (χ0n) is 26.6. The molecule has 7 nitrogen and oxygen atoms in total. The van der Waals surface area contributed by atoms with E-state index < -0.39 is 23.1 Å². The van der Waals surface area contributed by atoms with E-state index in [2.05, 4.69) is 65.0 Å². The van der Waals surface area contributed by atoms with Gasteiger partial charge in [0.25, 0.3) is 0 Å². The summed E-state index contributed by atoms with van der Waals surface area (Å²) in [5.41, 5.74) is 1.63. The second-order valence-corrected chi connectivity index (χ2v) is 15.5. The van der Waals surface area contributed by atoms with Crippen LogP contribution in [0.15, 0.2) is 64.5 Å². The Morgan fingerprint density at radius 2 is 2.02 bits per heavy atom. The second-order valence-electron chi connectivity index (χ2n) is 13.7. The van der Waals surface area contributed by atoms with Crippen molar-refractivity contribution in [3.8, 4) is 11.5 Å².